The molecule has 140 valence electrons. The van der Waals surface area contributed by atoms with Gasteiger partial charge in [-0.25, -0.2) is 0 Å². The molecule has 0 amide bonds. The maximum absolute atomic E-state index is 11.2. The summed E-state index contributed by atoms with van der Waals surface area (Å²) in [4.78, 5) is 22.0. The van der Waals surface area contributed by atoms with E-state index in [-0.39, 0.29) is 12.8 Å². The van der Waals surface area contributed by atoms with Crippen molar-refractivity contribution in [2.75, 3.05) is 0 Å². The highest BCUT2D eigenvalue weighted by Crippen LogP contribution is 2.19. The zero-order valence-electron chi connectivity index (χ0n) is 14.6. The van der Waals surface area contributed by atoms with Gasteiger partial charge in [-0.1, -0.05) is 42.5 Å². The van der Waals surface area contributed by atoms with Crippen LogP contribution >= 0.6 is 0 Å². The van der Waals surface area contributed by atoms with Crippen LogP contribution in [0.1, 0.15) is 18.4 Å². The topological polar surface area (TPSA) is 125 Å². The molecule has 27 heavy (non-hydrogen) atoms. The van der Waals surface area contributed by atoms with Crippen LogP contribution in [0.4, 0.5) is 11.4 Å². The van der Waals surface area contributed by atoms with E-state index >= 15 is 0 Å². The molecule has 2 aromatic rings. The fraction of sp³-hybridized carbons (Fsp3) is 0.200. The molecular weight excluding hydrogens is 346 g/mol. The number of rotatable bonds is 9. The minimum Gasteiger partial charge on any atom is -0.481 e. The van der Waals surface area contributed by atoms with Crippen molar-refractivity contribution in [3.8, 4) is 0 Å². The number of nitrogens with zero attached hydrogens (tertiary/aromatic N) is 2. The van der Waals surface area contributed by atoms with Gasteiger partial charge in [0.1, 0.15) is 6.04 Å². The first-order valence-corrected chi connectivity index (χ1v) is 8.40. The Labute approximate surface area is 156 Å². The molecule has 0 aliphatic carbocycles. The van der Waals surface area contributed by atoms with Gasteiger partial charge in [-0.3, -0.25) is 9.59 Å². The predicted molar refractivity (Wildman–Crippen MR) is 102 cm³/mol. The minimum absolute atomic E-state index is 0.117. The van der Waals surface area contributed by atoms with E-state index in [1.165, 1.54) is 0 Å². The first-order chi connectivity index (χ1) is 13.0. The maximum atomic E-state index is 11.2. The molecule has 0 spiro atoms. The third-order valence-corrected chi connectivity index (χ3v) is 3.87. The Morgan fingerprint density at radius 2 is 1.52 bits per heavy atom. The van der Waals surface area contributed by atoms with Gasteiger partial charge in [-0.15, -0.1) is 0 Å². The van der Waals surface area contributed by atoms with Crippen molar-refractivity contribution in [2.24, 2.45) is 21.9 Å². The Bertz CT molecular complexity index is 817. The molecular formula is C20H21N3O4. The second kappa shape index (κ2) is 9.98. The lowest BCUT2D eigenvalue weighted by molar-refractivity contribution is -0.143. The van der Waals surface area contributed by atoms with Crippen molar-refractivity contribution in [3.63, 3.8) is 0 Å². The van der Waals surface area contributed by atoms with Gasteiger partial charge in [0.25, 0.3) is 0 Å². The van der Waals surface area contributed by atoms with Crippen LogP contribution in [0.5, 0.6) is 0 Å². The smallest absolute Gasteiger partial charge is 0.320 e. The van der Waals surface area contributed by atoms with E-state index in [2.05, 4.69) is 10.2 Å². The van der Waals surface area contributed by atoms with Gasteiger partial charge in [0.2, 0.25) is 0 Å². The van der Waals surface area contributed by atoms with Crippen molar-refractivity contribution in [3.05, 3.63) is 66.2 Å². The van der Waals surface area contributed by atoms with Gasteiger partial charge in [-0.2, -0.15) is 10.2 Å². The van der Waals surface area contributed by atoms with E-state index in [9.17, 15) is 14.7 Å². The lowest BCUT2D eigenvalue weighted by Gasteiger charge is -2.12. The molecule has 2 rings (SSSR count). The molecule has 0 saturated carbocycles. The molecule has 0 aliphatic rings. The Hall–Kier alpha value is -3.32. The highest BCUT2D eigenvalue weighted by Gasteiger charge is 2.23. The Morgan fingerprint density at radius 3 is 2.07 bits per heavy atom. The fourth-order valence-electron chi connectivity index (χ4n) is 2.34. The van der Waals surface area contributed by atoms with Crippen molar-refractivity contribution in [2.45, 2.75) is 18.9 Å². The van der Waals surface area contributed by atoms with Gasteiger partial charge in [-0.05, 0) is 42.7 Å². The van der Waals surface area contributed by atoms with E-state index in [1.807, 2.05) is 42.5 Å². The normalized spacial score (nSPS) is 13.7. The summed E-state index contributed by atoms with van der Waals surface area (Å²) in [5, 5.41) is 26.3. The summed E-state index contributed by atoms with van der Waals surface area (Å²) in [5.74, 6) is -3.11. The lowest BCUT2D eigenvalue weighted by atomic mass is 9.96. The Morgan fingerprint density at radius 1 is 0.926 bits per heavy atom. The zero-order valence-corrected chi connectivity index (χ0v) is 14.6. The summed E-state index contributed by atoms with van der Waals surface area (Å²) in [6.45, 7) is 0. The highest BCUT2D eigenvalue weighted by atomic mass is 16.4. The molecule has 0 radical (unpaired) electrons. The third kappa shape index (κ3) is 6.83. The standard InChI is InChI=1S/C20H21N3O4/c21-18(20(26)27)13-15(19(24)25)6-4-5-14-9-11-17(12-10-14)23-22-16-7-2-1-3-8-16/h1-5,7-12,15,18H,6,13,21H2,(H,24,25)(H,26,27)/b5-4+,23-22+/t15?,18-/m0/s1. The predicted octanol–water partition coefficient (Wildman–Crippen LogP) is 4.01. The summed E-state index contributed by atoms with van der Waals surface area (Å²) in [7, 11) is 0. The molecule has 0 bridgehead atoms. The molecule has 0 fully saturated rings. The minimum atomic E-state index is -1.20. The molecule has 0 aliphatic heterocycles. The van der Waals surface area contributed by atoms with E-state index in [1.54, 1.807) is 24.3 Å². The van der Waals surface area contributed by atoms with E-state index in [4.69, 9.17) is 10.8 Å². The van der Waals surface area contributed by atoms with Gasteiger partial charge in [0, 0.05) is 0 Å². The average Bonchev–Trinajstić information content (AvgIpc) is 2.67. The molecule has 0 saturated heterocycles. The van der Waals surface area contributed by atoms with Crippen molar-refractivity contribution in [1.82, 2.24) is 0 Å². The molecule has 2 atom stereocenters. The quantitative estimate of drug-likeness (QED) is 0.577. The summed E-state index contributed by atoms with van der Waals surface area (Å²) < 4.78 is 0. The van der Waals surface area contributed by atoms with Crippen molar-refractivity contribution in [1.29, 1.82) is 0 Å². The largest absolute Gasteiger partial charge is 0.481 e. The number of benzene rings is 2. The van der Waals surface area contributed by atoms with Crippen LogP contribution in [0.2, 0.25) is 0 Å². The van der Waals surface area contributed by atoms with Crippen LogP contribution in [0, 0.1) is 5.92 Å². The SMILES string of the molecule is N[C@@H](CC(C/C=C/c1ccc(/N=N/c2ccccc2)cc1)C(=O)O)C(=O)O. The summed E-state index contributed by atoms with van der Waals surface area (Å²) in [6.07, 6.45) is 3.56. The van der Waals surface area contributed by atoms with Gasteiger partial charge < -0.3 is 15.9 Å². The monoisotopic (exact) mass is 367 g/mol. The molecule has 1 unspecified atom stereocenters. The van der Waals surface area contributed by atoms with Crippen molar-refractivity contribution < 1.29 is 19.8 Å². The number of hydrogen-bond acceptors (Lipinski definition) is 5. The van der Waals surface area contributed by atoms with Gasteiger partial charge in [0.05, 0.1) is 17.3 Å². The number of carbonyl (C=O) groups is 2. The molecule has 4 N–H and O–H groups in total. The van der Waals surface area contributed by atoms with Crippen LogP contribution in [-0.2, 0) is 9.59 Å². The number of hydrogen-bond donors (Lipinski definition) is 3. The van der Waals surface area contributed by atoms with Crippen LogP contribution in [0.25, 0.3) is 6.08 Å². The Balaban J connectivity index is 1.93. The number of nitrogens with two attached hydrogens (primary N) is 1. The zero-order chi connectivity index (χ0) is 19.6. The summed E-state index contributed by atoms with van der Waals surface area (Å²) >= 11 is 0. The summed E-state index contributed by atoms with van der Waals surface area (Å²) in [5.41, 5.74) is 7.76. The van der Waals surface area contributed by atoms with Crippen LogP contribution in [-0.4, -0.2) is 28.2 Å². The van der Waals surface area contributed by atoms with Crippen molar-refractivity contribution >= 4 is 29.4 Å². The Kier molecular flexibility index (Phi) is 7.39. The summed E-state index contributed by atoms with van der Waals surface area (Å²) in [6, 6.07) is 15.5. The van der Waals surface area contributed by atoms with Crippen LogP contribution in [0.3, 0.4) is 0 Å². The third-order valence-electron chi connectivity index (χ3n) is 3.87. The first-order valence-electron chi connectivity index (χ1n) is 8.40. The van der Waals surface area contributed by atoms with E-state index < -0.39 is 23.9 Å². The second-order valence-electron chi connectivity index (χ2n) is 5.98. The van der Waals surface area contributed by atoms with Gasteiger partial charge >= 0.3 is 11.9 Å². The van der Waals surface area contributed by atoms with Gasteiger partial charge in [0.15, 0.2) is 0 Å². The number of carboxylic acid groups (broad SMARTS) is 2. The first kappa shape index (κ1) is 20.0. The maximum Gasteiger partial charge on any atom is 0.320 e. The fourth-order valence-corrected chi connectivity index (χ4v) is 2.34. The molecule has 7 heteroatoms. The van der Waals surface area contributed by atoms with Crippen LogP contribution in [0.15, 0.2) is 70.9 Å². The highest BCUT2D eigenvalue weighted by molar-refractivity contribution is 5.76. The van der Waals surface area contributed by atoms with E-state index in [0.29, 0.717) is 5.69 Å². The lowest BCUT2D eigenvalue weighted by Crippen LogP contribution is -2.34. The molecule has 0 aromatic heterocycles. The number of aliphatic carboxylic acids is 2. The average molecular weight is 367 g/mol. The molecule has 2 aromatic carbocycles. The van der Waals surface area contributed by atoms with Crippen LogP contribution < -0.4 is 5.73 Å². The number of allylic oxidation sites excluding steroid dienone is 1. The number of carboxylic acids is 2. The molecule has 7 nitrogen and oxygen atoms in total. The molecule has 0 heterocycles. The number of azo groups is 1. The second-order valence-corrected chi connectivity index (χ2v) is 5.98. The van der Waals surface area contributed by atoms with E-state index in [0.717, 1.165) is 11.3 Å².